The fourth-order valence-electron chi connectivity index (χ4n) is 1.31. The molecule has 2 aromatic rings. The molecule has 5 heteroatoms. The van der Waals surface area contributed by atoms with Crippen molar-refractivity contribution in [3.63, 3.8) is 0 Å². The lowest BCUT2D eigenvalue weighted by Gasteiger charge is -2.03. The highest BCUT2D eigenvalue weighted by molar-refractivity contribution is 9.13. The van der Waals surface area contributed by atoms with Crippen LogP contribution in [0.2, 0.25) is 0 Å². The van der Waals surface area contributed by atoms with Gasteiger partial charge in [-0.15, -0.1) is 0 Å². The quantitative estimate of drug-likeness (QED) is 0.832. The first-order valence-electron chi connectivity index (χ1n) is 4.76. The molecule has 2 rings (SSSR count). The predicted molar refractivity (Wildman–Crippen MR) is 68.5 cm³/mol. The van der Waals surface area contributed by atoms with E-state index < -0.39 is 0 Å². The van der Waals surface area contributed by atoms with Gasteiger partial charge in [-0.3, -0.25) is 0 Å². The third kappa shape index (κ3) is 2.30. The fraction of sp³-hybridized carbons (Fsp3) is 0.182. The molecule has 0 saturated heterocycles. The van der Waals surface area contributed by atoms with Crippen molar-refractivity contribution in [2.24, 2.45) is 0 Å². The Balaban J connectivity index is 2.31. The average Bonchev–Trinajstić information content (AvgIpc) is 2.62. The van der Waals surface area contributed by atoms with Crippen molar-refractivity contribution < 1.29 is 9.26 Å². The maximum absolute atomic E-state index is 5.37. The van der Waals surface area contributed by atoms with Gasteiger partial charge in [0.05, 0.1) is 11.1 Å². The third-order valence-corrected chi connectivity index (χ3v) is 3.85. The van der Waals surface area contributed by atoms with Crippen LogP contribution in [0.3, 0.4) is 0 Å². The van der Waals surface area contributed by atoms with Crippen LogP contribution in [0, 0.1) is 0 Å². The topological polar surface area (TPSA) is 35.3 Å². The monoisotopic (exact) mass is 345 g/mol. The van der Waals surface area contributed by atoms with Crippen molar-refractivity contribution in [2.45, 2.75) is 6.92 Å². The zero-order valence-electron chi connectivity index (χ0n) is 8.54. The molecule has 16 heavy (non-hydrogen) atoms. The molecule has 0 aliphatic rings. The minimum Gasteiger partial charge on any atom is -0.494 e. The zero-order chi connectivity index (χ0) is 11.5. The highest BCUT2D eigenvalue weighted by Crippen LogP contribution is 2.34. The molecule has 0 saturated carbocycles. The van der Waals surface area contributed by atoms with E-state index in [1.54, 1.807) is 0 Å². The Morgan fingerprint density at radius 2 is 1.94 bits per heavy atom. The summed E-state index contributed by atoms with van der Waals surface area (Å²) in [7, 11) is 0. The molecule has 0 amide bonds. The summed E-state index contributed by atoms with van der Waals surface area (Å²) in [6, 6.07) is 7.71. The van der Waals surface area contributed by atoms with Crippen LogP contribution in [0.1, 0.15) is 6.92 Å². The van der Waals surface area contributed by atoms with Crippen LogP contribution >= 0.6 is 31.9 Å². The summed E-state index contributed by atoms with van der Waals surface area (Å²) >= 11 is 6.65. The zero-order valence-corrected chi connectivity index (χ0v) is 11.7. The molecule has 0 N–H and O–H groups in total. The van der Waals surface area contributed by atoms with E-state index in [1.807, 2.05) is 31.2 Å². The van der Waals surface area contributed by atoms with Crippen LogP contribution in [0.15, 0.2) is 37.9 Å². The van der Waals surface area contributed by atoms with Gasteiger partial charge in [0.15, 0.2) is 0 Å². The van der Waals surface area contributed by atoms with Gasteiger partial charge in [-0.25, -0.2) is 0 Å². The lowest BCUT2D eigenvalue weighted by atomic mass is 10.1. The van der Waals surface area contributed by atoms with Crippen LogP contribution in [-0.2, 0) is 0 Å². The van der Waals surface area contributed by atoms with Crippen molar-refractivity contribution in [1.82, 2.24) is 5.16 Å². The summed E-state index contributed by atoms with van der Waals surface area (Å²) in [6.45, 7) is 2.62. The Bertz CT molecular complexity index is 479. The predicted octanol–water partition coefficient (Wildman–Crippen LogP) is 4.27. The second-order valence-corrected chi connectivity index (χ2v) is 4.59. The third-order valence-electron chi connectivity index (χ3n) is 2.04. The molecule has 0 unspecified atom stereocenters. The van der Waals surface area contributed by atoms with Gasteiger partial charge in [0.25, 0.3) is 0 Å². The molecule has 0 aliphatic carbocycles. The highest BCUT2D eigenvalue weighted by Gasteiger charge is 2.12. The normalized spacial score (nSPS) is 10.4. The van der Waals surface area contributed by atoms with Crippen LogP contribution in [0.5, 0.6) is 5.75 Å². The molecule has 0 atom stereocenters. The molecule has 1 heterocycles. The molecule has 84 valence electrons. The van der Waals surface area contributed by atoms with Gasteiger partial charge in [-0.1, -0.05) is 5.16 Å². The molecule has 0 fully saturated rings. The number of aromatic nitrogens is 1. The maximum atomic E-state index is 5.37. The van der Waals surface area contributed by atoms with Gasteiger partial charge in [-0.2, -0.15) is 0 Å². The standard InChI is InChI=1S/C11H9Br2NO2/c1-2-15-8-5-3-7(4-6-8)10-9(12)11(13)16-14-10/h3-6H,2H2,1H3. The number of benzene rings is 1. The number of hydrogen-bond donors (Lipinski definition) is 0. The molecule has 0 aliphatic heterocycles. The minimum absolute atomic E-state index is 0.594. The van der Waals surface area contributed by atoms with Crippen LogP contribution in [-0.4, -0.2) is 11.8 Å². The Morgan fingerprint density at radius 1 is 1.25 bits per heavy atom. The highest BCUT2D eigenvalue weighted by atomic mass is 79.9. The minimum atomic E-state index is 0.594. The maximum Gasteiger partial charge on any atom is 0.216 e. The van der Waals surface area contributed by atoms with Crippen molar-refractivity contribution in [2.75, 3.05) is 6.61 Å². The van der Waals surface area contributed by atoms with Crippen LogP contribution in [0.25, 0.3) is 11.3 Å². The largest absolute Gasteiger partial charge is 0.494 e. The van der Waals surface area contributed by atoms with E-state index in [4.69, 9.17) is 9.26 Å². The van der Waals surface area contributed by atoms with Gasteiger partial charge < -0.3 is 9.26 Å². The molecular weight excluding hydrogens is 338 g/mol. The van der Waals surface area contributed by atoms with E-state index in [-0.39, 0.29) is 0 Å². The number of halogens is 2. The number of hydrogen-bond acceptors (Lipinski definition) is 3. The number of rotatable bonds is 3. The van der Waals surface area contributed by atoms with Gasteiger partial charge in [0.1, 0.15) is 11.4 Å². The molecular formula is C11H9Br2NO2. The van der Waals surface area contributed by atoms with Crippen molar-refractivity contribution in [3.05, 3.63) is 33.4 Å². The van der Waals surface area contributed by atoms with Gasteiger partial charge >= 0.3 is 0 Å². The van der Waals surface area contributed by atoms with E-state index in [9.17, 15) is 0 Å². The van der Waals surface area contributed by atoms with Gasteiger partial charge in [0.2, 0.25) is 4.67 Å². The van der Waals surface area contributed by atoms with E-state index in [2.05, 4.69) is 37.0 Å². The van der Waals surface area contributed by atoms with E-state index in [0.29, 0.717) is 11.3 Å². The summed E-state index contributed by atoms with van der Waals surface area (Å²) in [5.74, 6) is 0.852. The molecule has 1 aromatic carbocycles. The second-order valence-electron chi connectivity index (χ2n) is 3.08. The van der Waals surface area contributed by atoms with E-state index in [0.717, 1.165) is 21.5 Å². The average molecular weight is 347 g/mol. The van der Waals surface area contributed by atoms with Crippen molar-refractivity contribution in [3.8, 4) is 17.0 Å². The van der Waals surface area contributed by atoms with Gasteiger partial charge in [-0.05, 0) is 63.0 Å². The Kier molecular flexibility index (Phi) is 3.66. The van der Waals surface area contributed by atoms with Crippen molar-refractivity contribution >= 4 is 31.9 Å². The molecule has 0 bridgehead atoms. The van der Waals surface area contributed by atoms with E-state index >= 15 is 0 Å². The smallest absolute Gasteiger partial charge is 0.216 e. The molecule has 0 radical (unpaired) electrons. The van der Waals surface area contributed by atoms with Crippen LogP contribution < -0.4 is 4.74 Å². The molecule has 0 spiro atoms. The van der Waals surface area contributed by atoms with Crippen molar-refractivity contribution in [1.29, 1.82) is 0 Å². The first kappa shape index (κ1) is 11.7. The second kappa shape index (κ2) is 5.01. The first-order chi connectivity index (χ1) is 7.72. The Hall–Kier alpha value is -0.810. The number of ether oxygens (including phenoxy) is 1. The summed E-state index contributed by atoms with van der Waals surface area (Å²) in [6.07, 6.45) is 0. The number of nitrogens with zero attached hydrogens (tertiary/aromatic N) is 1. The summed E-state index contributed by atoms with van der Waals surface area (Å²) < 4.78 is 11.8. The Labute approximate surface area is 110 Å². The summed E-state index contributed by atoms with van der Waals surface area (Å²) in [5, 5.41) is 3.95. The van der Waals surface area contributed by atoms with Crippen LogP contribution in [0.4, 0.5) is 0 Å². The lowest BCUT2D eigenvalue weighted by Crippen LogP contribution is -1.90. The van der Waals surface area contributed by atoms with E-state index in [1.165, 1.54) is 0 Å². The first-order valence-corrected chi connectivity index (χ1v) is 6.35. The fourth-order valence-corrected chi connectivity index (χ4v) is 1.95. The molecule has 1 aromatic heterocycles. The lowest BCUT2D eigenvalue weighted by molar-refractivity contribution is 0.340. The SMILES string of the molecule is CCOc1ccc(-c2noc(Br)c2Br)cc1. The Morgan fingerprint density at radius 3 is 2.44 bits per heavy atom. The summed E-state index contributed by atoms with van der Waals surface area (Å²) in [4.78, 5) is 0. The molecule has 3 nitrogen and oxygen atoms in total. The van der Waals surface area contributed by atoms with Gasteiger partial charge in [0, 0.05) is 5.56 Å². The summed E-state index contributed by atoms with van der Waals surface area (Å²) in [5.41, 5.74) is 1.75.